The van der Waals surface area contributed by atoms with Crippen LogP contribution in [0.25, 0.3) is 0 Å². The highest BCUT2D eigenvalue weighted by Gasteiger charge is 2.17. The van der Waals surface area contributed by atoms with Crippen LogP contribution in [-0.4, -0.2) is 22.2 Å². The van der Waals surface area contributed by atoms with Crippen LogP contribution in [0.15, 0.2) is 46.0 Å². The second-order valence-electron chi connectivity index (χ2n) is 4.30. The Morgan fingerprint density at radius 1 is 1.39 bits per heavy atom. The van der Waals surface area contributed by atoms with Gasteiger partial charge in [-0.05, 0) is 18.2 Å². The number of carbonyl (C=O) groups excluding carboxylic acids is 1. The van der Waals surface area contributed by atoms with Crippen LogP contribution < -0.4 is 5.43 Å². The summed E-state index contributed by atoms with van der Waals surface area (Å²) in [5.41, 5.74) is 2.07. The lowest BCUT2D eigenvalue weighted by Crippen LogP contribution is -2.17. The number of nitro groups is 1. The van der Waals surface area contributed by atoms with Crippen LogP contribution in [0.5, 0.6) is 5.75 Å². The standard InChI is InChI=1S/C14H9BrClN3O4/c15-9-5-8(13(20)12(6-9)19(22)23)7-17-18-14(21)10-3-1-2-4-11(10)16/h1-7,20H,(H,18,21)/b17-7+. The molecule has 1 amide bonds. The van der Waals surface area contributed by atoms with Crippen molar-refractivity contribution in [1.82, 2.24) is 5.43 Å². The van der Waals surface area contributed by atoms with E-state index in [1.165, 1.54) is 12.1 Å². The van der Waals surface area contributed by atoms with E-state index in [1.807, 2.05) is 0 Å². The number of benzene rings is 2. The first-order valence-corrected chi connectivity index (χ1v) is 7.32. The zero-order valence-electron chi connectivity index (χ0n) is 11.4. The molecule has 23 heavy (non-hydrogen) atoms. The summed E-state index contributed by atoms with van der Waals surface area (Å²) < 4.78 is 0.390. The van der Waals surface area contributed by atoms with Gasteiger partial charge in [0.15, 0.2) is 0 Å². The van der Waals surface area contributed by atoms with Crippen LogP contribution in [0.2, 0.25) is 5.02 Å². The minimum Gasteiger partial charge on any atom is -0.502 e. The van der Waals surface area contributed by atoms with E-state index in [2.05, 4.69) is 26.5 Å². The number of halogens is 2. The Labute approximate surface area is 143 Å². The fraction of sp³-hybridized carbons (Fsp3) is 0. The molecule has 0 radical (unpaired) electrons. The average Bonchev–Trinajstić information content (AvgIpc) is 2.50. The number of amides is 1. The third kappa shape index (κ3) is 4.05. The molecular formula is C14H9BrClN3O4. The largest absolute Gasteiger partial charge is 0.502 e. The van der Waals surface area contributed by atoms with Gasteiger partial charge in [-0.2, -0.15) is 5.10 Å². The summed E-state index contributed by atoms with van der Waals surface area (Å²) in [5.74, 6) is -1.09. The summed E-state index contributed by atoms with van der Waals surface area (Å²) in [6.45, 7) is 0. The first-order chi connectivity index (χ1) is 10.9. The fourth-order valence-electron chi connectivity index (χ4n) is 1.71. The predicted octanol–water partition coefficient (Wildman–Crippen LogP) is 3.48. The monoisotopic (exact) mass is 397 g/mol. The van der Waals surface area contributed by atoms with E-state index in [0.29, 0.717) is 4.47 Å². The van der Waals surface area contributed by atoms with Gasteiger partial charge in [0, 0.05) is 16.1 Å². The van der Waals surface area contributed by atoms with Crippen molar-refractivity contribution in [3.05, 3.63) is 67.1 Å². The number of phenolic OH excluding ortho intramolecular Hbond substituents is 1. The minimum absolute atomic E-state index is 0.0746. The zero-order valence-corrected chi connectivity index (χ0v) is 13.7. The number of aromatic hydroxyl groups is 1. The highest BCUT2D eigenvalue weighted by atomic mass is 79.9. The molecule has 2 rings (SSSR count). The van der Waals surface area contributed by atoms with Gasteiger partial charge in [-0.1, -0.05) is 39.7 Å². The lowest BCUT2D eigenvalue weighted by atomic mass is 10.2. The Bertz CT molecular complexity index is 811. The Morgan fingerprint density at radius 3 is 2.74 bits per heavy atom. The number of carbonyl (C=O) groups is 1. The maximum atomic E-state index is 11.9. The molecule has 0 heterocycles. The van der Waals surface area contributed by atoms with Crippen LogP contribution in [0.3, 0.4) is 0 Å². The van der Waals surface area contributed by atoms with Crippen molar-refractivity contribution < 1.29 is 14.8 Å². The highest BCUT2D eigenvalue weighted by Crippen LogP contribution is 2.32. The van der Waals surface area contributed by atoms with Gasteiger partial charge in [0.05, 0.1) is 21.7 Å². The number of nitrogens with one attached hydrogen (secondary N) is 1. The maximum Gasteiger partial charge on any atom is 0.312 e. The van der Waals surface area contributed by atoms with Crippen molar-refractivity contribution in [3.63, 3.8) is 0 Å². The lowest BCUT2D eigenvalue weighted by Gasteiger charge is -2.03. The van der Waals surface area contributed by atoms with E-state index in [9.17, 15) is 20.0 Å². The minimum atomic E-state index is -0.722. The fourth-order valence-corrected chi connectivity index (χ4v) is 2.39. The maximum absolute atomic E-state index is 11.9. The van der Waals surface area contributed by atoms with Gasteiger partial charge in [-0.3, -0.25) is 14.9 Å². The number of phenols is 1. The molecule has 0 aliphatic rings. The quantitative estimate of drug-likeness (QED) is 0.467. The molecule has 0 aliphatic carbocycles. The second-order valence-corrected chi connectivity index (χ2v) is 5.62. The molecular weight excluding hydrogens is 390 g/mol. The van der Waals surface area contributed by atoms with Gasteiger partial charge in [-0.25, -0.2) is 5.43 Å². The van der Waals surface area contributed by atoms with Crippen molar-refractivity contribution in [2.75, 3.05) is 0 Å². The third-order valence-corrected chi connectivity index (χ3v) is 3.56. The molecule has 0 saturated heterocycles. The van der Waals surface area contributed by atoms with E-state index >= 15 is 0 Å². The van der Waals surface area contributed by atoms with E-state index in [4.69, 9.17) is 11.6 Å². The molecule has 7 nitrogen and oxygen atoms in total. The SMILES string of the molecule is O=C(N/N=C/c1cc(Br)cc([N+](=O)[O-])c1O)c1ccccc1Cl. The summed E-state index contributed by atoms with van der Waals surface area (Å²) in [7, 11) is 0. The molecule has 0 aromatic heterocycles. The summed E-state index contributed by atoms with van der Waals surface area (Å²) >= 11 is 8.98. The molecule has 0 bridgehead atoms. The number of nitrogens with zero attached hydrogens (tertiary/aromatic N) is 2. The molecule has 2 aromatic carbocycles. The molecule has 0 unspecified atom stereocenters. The van der Waals surface area contributed by atoms with Gasteiger partial charge >= 0.3 is 5.69 Å². The van der Waals surface area contributed by atoms with Gasteiger partial charge < -0.3 is 5.11 Å². The third-order valence-electron chi connectivity index (χ3n) is 2.77. The Morgan fingerprint density at radius 2 is 2.09 bits per heavy atom. The molecule has 2 N–H and O–H groups in total. The topological polar surface area (TPSA) is 105 Å². The molecule has 0 saturated carbocycles. The number of hydrazone groups is 1. The molecule has 0 fully saturated rings. The Balaban J connectivity index is 2.20. The van der Waals surface area contributed by atoms with Gasteiger partial charge in [-0.15, -0.1) is 0 Å². The molecule has 0 atom stereocenters. The van der Waals surface area contributed by atoms with Crippen LogP contribution in [0.1, 0.15) is 15.9 Å². The normalized spacial score (nSPS) is 10.7. The van der Waals surface area contributed by atoms with E-state index in [-0.39, 0.29) is 16.1 Å². The van der Waals surface area contributed by atoms with Crippen molar-refractivity contribution >= 4 is 45.3 Å². The van der Waals surface area contributed by atoms with Crippen LogP contribution in [0.4, 0.5) is 5.69 Å². The first-order valence-electron chi connectivity index (χ1n) is 6.15. The van der Waals surface area contributed by atoms with Gasteiger partial charge in [0.25, 0.3) is 5.91 Å². The van der Waals surface area contributed by atoms with Gasteiger partial charge in [0.1, 0.15) is 0 Å². The Kier molecular flexibility index (Phi) is 5.30. The van der Waals surface area contributed by atoms with Crippen molar-refractivity contribution in [3.8, 4) is 5.75 Å². The summed E-state index contributed by atoms with van der Waals surface area (Å²) in [6.07, 6.45) is 1.10. The van der Waals surface area contributed by atoms with E-state index in [0.717, 1.165) is 12.3 Å². The summed E-state index contributed by atoms with van der Waals surface area (Å²) in [5, 5.41) is 24.6. The van der Waals surface area contributed by atoms with Crippen molar-refractivity contribution in [2.45, 2.75) is 0 Å². The highest BCUT2D eigenvalue weighted by molar-refractivity contribution is 9.10. The smallest absolute Gasteiger partial charge is 0.312 e. The second kappa shape index (κ2) is 7.21. The predicted molar refractivity (Wildman–Crippen MR) is 89.0 cm³/mol. The van der Waals surface area contributed by atoms with Crippen LogP contribution >= 0.6 is 27.5 Å². The Hall–Kier alpha value is -2.45. The summed E-state index contributed by atoms with van der Waals surface area (Å²) in [4.78, 5) is 22.0. The molecule has 118 valence electrons. The number of hydrogen-bond donors (Lipinski definition) is 2. The van der Waals surface area contributed by atoms with E-state index < -0.39 is 22.3 Å². The number of nitro benzene ring substituents is 1. The molecule has 2 aromatic rings. The van der Waals surface area contributed by atoms with E-state index in [1.54, 1.807) is 18.2 Å². The first kappa shape index (κ1) is 16.9. The lowest BCUT2D eigenvalue weighted by molar-refractivity contribution is -0.385. The molecule has 0 spiro atoms. The number of rotatable bonds is 4. The average molecular weight is 399 g/mol. The molecule has 0 aliphatic heterocycles. The van der Waals surface area contributed by atoms with Crippen molar-refractivity contribution in [2.24, 2.45) is 5.10 Å². The van der Waals surface area contributed by atoms with Crippen LogP contribution in [0, 0.1) is 10.1 Å². The van der Waals surface area contributed by atoms with Crippen LogP contribution in [-0.2, 0) is 0 Å². The zero-order chi connectivity index (χ0) is 17.0. The summed E-state index contributed by atoms with van der Waals surface area (Å²) in [6, 6.07) is 9.00. The molecule has 9 heteroatoms. The van der Waals surface area contributed by atoms with Crippen molar-refractivity contribution in [1.29, 1.82) is 0 Å². The van der Waals surface area contributed by atoms with Gasteiger partial charge in [0.2, 0.25) is 5.75 Å². The number of hydrogen-bond acceptors (Lipinski definition) is 5.